The summed E-state index contributed by atoms with van der Waals surface area (Å²) in [6, 6.07) is 0.150. The van der Waals surface area contributed by atoms with Crippen LogP contribution < -0.4 is 5.32 Å². The third kappa shape index (κ3) is 4.26. The number of nitrogens with zero attached hydrogens (tertiary/aromatic N) is 1. The number of nitrogens with one attached hydrogen (secondary N) is 1. The minimum atomic E-state index is -4.31. The van der Waals surface area contributed by atoms with Gasteiger partial charge in [-0.15, -0.1) is 0 Å². The Morgan fingerprint density at radius 2 is 2.00 bits per heavy atom. The number of likely N-dealkylation sites (tertiary alicyclic amines) is 1. The Morgan fingerprint density at radius 1 is 1.25 bits per heavy atom. The summed E-state index contributed by atoms with van der Waals surface area (Å²) >= 11 is 0. The van der Waals surface area contributed by atoms with Crippen LogP contribution in [0.1, 0.15) is 32.1 Å². The zero-order valence-electron chi connectivity index (χ0n) is 11.4. The Balaban J connectivity index is 1.67. The molecule has 1 saturated carbocycles. The lowest BCUT2D eigenvalue weighted by molar-refractivity contribution is -0.173. The fourth-order valence-corrected chi connectivity index (χ4v) is 3.23. The number of hydrogen-bond donors (Lipinski definition) is 1. The van der Waals surface area contributed by atoms with Crippen molar-refractivity contribution < 1.29 is 22.7 Å². The summed E-state index contributed by atoms with van der Waals surface area (Å²) < 4.78 is 40.0. The number of rotatable bonds is 4. The van der Waals surface area contributed by atoms with Crippen LogP contribution in [-0.2, 0) is 4.74 Å². The first-order valence-corrected chi connectivity index (χ1v) is 7.16. The molecular formula is C13H21F3N2O2. The first-order chi connectivity index (χ1) is 9.47. The molecule has 1 heterocycles. The van der Waals surface area contributed by atoms with E-state index in [0.29, 0.717) is 12.0 Å². The molecule has 1 aliphatic carbocycles. The molecule has 2 fully saturated rings. The molecule has 4 nitrogen and oxygen atoms in total. The number of alkyl halides is 3. The monoisotopic (exact) mass is 294 g/mol. The number of carbonyl (C=O) groups excluding carboxylic acids is 1. The smallest absolute Gasteiger partial charge is 0.370 e. The molecule has 1 saturated heterocycles. The molecule has 1 N–H and O–H groups in total. The average molecular weight is 294 g/mol. The van der Waals surface area contributed by atoms with Crippen molar-refractivity contribution in [3.63, 3.8) is 0 Å². The summed E-state index contributed by atoms with van der Waals surface area (Å²) in [5.41, 5.74) is 0. The molecular weight excluding hydrogens is 273 g/mol. The maximum absolute atomic E-state index is 12.0. The van der Waals surface area contributed by atoms with E-state index in [2.05, 4.69) is 10.1 Å². The largest absolute Gasteiger partial charge is 0.411 e. The molecule has 116 valence electrons. The maximum Gasteiger partial charge on any atom is 0.411 e. The van der Waals surface area contributed by atoms with Crippen molar-refractivity contribution in [1.82, 2.24) is 10.2 Å². The molecule has 0 bridgehead atoms. The van der Waals surface area contributed by atoms with Crippen molar-refractivity contribution in [3.05, 3.63) is 0 Å². The molecule has 0 aromatic rings. The zero-order chi connectivity index (χ0) is 14.6. The molecule has 2 atom stereocenters. The van der Waals surface area contributed by atoms with Gasteiger partial charge in [0.15, 0.2) is 0 Å². The molecule has 0 unspecified atom stereocenters. The van der Waals surface area contributed by atoms with Crippen LogP contribution in [-0.4, -0.2) is 49.5 Å². The Bertz CT molecular complexity index is 336. The third-order valence-electron chi connectivity index (χ3n) is 4.04. The van der Waals surface area contributed by atoms with Gasteiger partial charge in [-0.1, -0.05) is 6.42 Å². The van der Waals surface area contributed by atoms with Gasteiger partial charge in [0.2, 0.25) is 0 Å². The fraction of sp³-hybridized carbons (Fsp3) is 0.923. The van der Waals surface area contributed by atoms with Gasteiger partial charge in [-0.2, -0.15) is 13.2 Å². The van der Waals surface area contributed by atoms with Gasteiger partial charge >= 0.3 is 12.2 Å². The van der Waals surface area contributed by atoms with Gasteiger partial charge in [0, 0.05) is 19.1 Å². The van der Waals surface area contributed by atoms with E-state index in [9.17, 15) is 18.0 Å². The van der Waals surface area contributed by atoms with Crippen molar-refractivity contribution in [2.45, 2.75) is 44.3 Å². The molecule has 7 heteroatoms. The third-order valence-corrected chi connectivity index (χ3v) is 4.04. The van der Waals surface area contributed by atoms with Crippen molar-refractivity contribution in [1.29, 1.82) is 0 Å². The number of urea groups is 1. The topological polar surface area (TPSA) is 41.6 Å². The summed E-state index contributed by atoms with van der Waals surface area (Å²) in [5.74, 6) is 0.607. The number of ether oxygens (including phenoxy) is 1. The molecule has 2 rings (SSSR count). The number of halogens is 3. The first-order valence-electron chi connectivity index (χ1n) is 7.16. The summed E-state index contributed by atoms with van der Waals surface area (Å²) in [4.78, 5) is 13.9. The fourth-order valence-electron chi connectivity index (χ4n) is 3.23. The second-order valence-electron chi connectivity index (χ2n) is 5.49. The van der Waals surface area contributed by atoms with Crippen LogP contribution in [0.3, 0.4) is 0 Å². The molecule has 0 aromatic heterocycles. The van der Waals surface area contributed by atoms with Crippen LogP contribution in [0, 0.1) is 5.92 Å². The minimum absolute atomic E-state index is 0.114. The van der Waals surface area contributed by atoms with Gasteiger partial charge in [-0.25, -0.2) is 4.79 Å². The quantitative estimate of drug-likeness (QED) is 0.810. The summed E-state index contributed by atoms with van der Waals surface area (Å²) in [5, 5.41) is 2.65. The van der Waals surface area contributed by atoms with E-state index in [0.717, 1.165) is 25.8 Å². The maximum atomic E-state index is 12.0. The zero-order valence-corrected chi connectivity index (χ0v) is 11.4. The van der Waals surface area contributed by atoms with E-state index < -0.39 is 12.8 Å². The van der Waals surface area contributed by atoms with Crippen LogP contribution in [0.5, 0.6) is 0 Å². The second-order valence-corrected chi connectivity index (χ2v) is 5.49. The normalized spacial score (nSPS) is 26.4. The Hall–Kier alpha value is -0.980. The van der Waals surface area contributed by atoms with E-state index in [-0.39, 0.29) is 19.2 Å². The van der Waals surface area contributed by atoms with Crippen molar-refractivity contribution >= 4 is 6.03 Å². The second kappa shape index (κ2) is 6.65. The number of piperidine rings is 1. The van der Waals surface area contributed by atoms with Gasteiger partial charge in [0.05, 0.1) is 6.61 Å². The molecule has 1 aliphatic heterocycles. The first kappa shape index (κ1) is 15.4. The highest BCUT2D eigenvalue weighted by Crippen LogP contribution is 2.36. The summed E-state index contributed by atoms with van der Waals surface area (Å²) in [7, 11) is 0. The van der Waals surface area contributed by atoms with Crippen molar-refractivity contribution in [2.24, 2.45) is 5.92 Å². The lowest BCUT2D eigenvalue weighted by Crippen LogP contribution is -2.51. The van der Waals surface area contributed by atoms with Crippen molar-refractivity contribution in [3.8, 4) is 0 Å². The number of amides is 2. The SMILES string of the molecule is O=C(NCCOCC(F)(F)F)N1CCC[C@H]2CCC[C@H]21. The number of carbonyl (C=O) groups is 1. The molecule has 20 heavy (non-hydrogen) atoms. The van der Waals surface area contributed by atoms with E-state index in [1.165, 1.54) is 12.8 Å². The van der Waals surface area contributed by atoms with E-state index >= 15 is 0 Å². The summed E-state index contributed by atoms with van der Waals surface area (Å²) in [6.45, 7) is -0.524. The van der Waals surface area contributed by atoms with E-state index in [1.54, 1.807) is 0 Å². The van der Waals surface area contributed by atoms with Gasteiger partial charge in [0.25, 0.3) is 0 Å². The Kier molecular flexibility index (Phi) is 5.12. The predicted molar refractivity (Wildman–Crippen MR) is 67.3 cm³/mol. The Labute approximate surface area is 116 Å². The van der Waals surface area contributed by atoms with Gasteiger partial charge in [-0.05, 0) is 31.6 Å². The van der Waals surface area contributed by atoms with Crippen LogP contribution in [0.15, 0.2) is 0 Å². The van der Waals surface area contributed by atoms with Gasteiger partial charge < -0.3 is 15.0 Å². The molecule has 0 spiro atoms. The number of fused-ring (bicyclic) bond motifs is 1. The minimum Gasteiger partial charge on any atom is -0.370 e. The highest BCUT2D eigenvalue weighted by atomic mass is 19.4. The standard InChI is InChI=1S/C13H21F3N2O2/c14-13(15,16)9-20-8-6-17-12(19)18-7-2-4-10-3-1-5-11(10)18/h10-11H,1-9H2,(H,17,19)/t10-,11-/m1/s1. The lowest BCUT2D eigenvalue weighted by Gasteiger charge is -2.37. The van der Waals surface area contributed by atoms with Gasteiger partial charge in [-0.3, -0.25) is 0 Å². The highest BCUT2D eigenvalue weighted by Gasteiger charge is 2.37. The summed E-state index contributed by atoms with van der Waals surface area (Å²) in [6.07, 6.45) is 1.27. The van der Waals surface area contributed by atoms with Crippen LogP contribution >= 0.6 is 0 Å². The van der Waals surface area contributed by atoms with E-state index in [4.69, 9.17) is 0 Å². The van der Waals surface area contributed by atoms with Crippen LogP contribution in [0.2, 0.25) is 0 Å². The predicted octanol–water partition coefficient (Wildman–Crippen LogP) is 2.54. The van der Waals surface area contributed by atoms with Crippen molar-refractivity contribution in [2.75, 3.05) is 26.3 Å². The van der Waals surface area contributed by atoms with E-state index in [1.807, 2.05) is 4.90 Å². The molecule has 2 aliphatic rings. The van der Waals surface area contributed by atoms with Crippen LogP contribution in [0.4, 0.5) is 18.0 Å². The Morgan fingerprint density at radius 3 is 2.75 bits per heavy atom. The molecule has 0 aromatic carbocycles. The number of hydrogen-bond acceptors (Lipinski definition) is 2. The average Bonchev–Trinajstić information content (AvgIpc) is 2.84. The lowest BCUT2D eigenvalue weighted by atomic mass is 9.92. The van der Waals surface area contributed by atoms with Crippen LogP contribution in [0.25, 0.3) is 0 Å². The van der Waals surface area contributed by atoms with Gasteiger partial charge in [0.1, 0.15) is 6.61 Å². The molecule has 2 amide bonds. The highest BCUT2D eigenvalue weighted by molar-refractivity contribution is 5.74. The molecule has 0 radical (unpaired) electrons.